The van der Waals surface area contributed by atoms with E-state index in [0.29, 0.717) is 6.42 Å². The van der Waals surface area contributed by atoms with Gasteiger partial charge in [0.05, 0.1) is 13.7 Å². The molecule has 0 aromatic heterocycles. The number of hydrogen-bond donors (Lipinski definition) is 2. The summed E-state index contributed by atoms with van der Waals surface area (Å²) in [6.07, 6.45) is -1.02. The summed E-state index contributed by atoms with van der Waals surface area (Å²) in [5, 5.41) is 11.6. The van der Waals surface area contributed by atoms with Crippen LogP contribution < -0.4 is 5.32 Å². The Balaban J connectivity index is 2.24. The van der Waals surface area contributed by atoms with Crippen LogP contribution in [0.5, 0.6) is 0 Å². The van der Waals surface area contributed by atoms with Gasteiger partial charge < -0.3 is 20.1 Å². The Hall–Kier alpha value is -2.16. The van der Waals surface area contributed by atoms with Gasteiger partial charge >= 0.3 is 12.0 Å². The Bertz CT molecular complexity index is 439. The predicted molar refractivity (Wildman–Crippen MR) is 70.0 cm³/mol. The first kappa shape index (κ1) is 16.9. The molecule has 21 heavy (non-hydrogen) atoms. The maximum atomic E-state index is 11.6. The predicted octanol–water partition coefficient (Wildman–Crippen LogP) is -1.69. The summed E-state index contributed by atoms with van der Waals surface area (Å²) < 4.78 is 4.30. The molecule has 9 heteroatoms. The van der Waals surface area contributed by atoms with E-state index in [1.807, 2.05) is 0 Å². The molecule has 0 aromatic carbocycles. The average Bonchev–Trinajstić information content (AvgIpc) is 2.70. The Morgan fingerprint density at radius 3 is 2.62 bits per heavy atom. The number of likely N-dealkylation sites (N-methyl/N-ethyl adjacent to an activating group) is 1. The van der Waals surface area contributed by atoms with Gasteiger partial charge in [-0.2, -0.15) is 0 Å². The van der Waals surface area contributed by atoms with E-state index in [1.54, 1.807) is 0 Å². The van der Waals surface area contributed by atoms with E-state index < -0.39 is 12.1 Å². The molecule has 1 rings (SSSR count). The molecule has 0 saturated carbocycles. The van der Waals surface area contributed by atoms with Crippen molar-refractivity contribution in [3.05, 3.63) is 0 Å². The number of esters is 1. The molecule has 0 spiro atoms. The molecule has 4 amide bonds. The van der Waals surface area contributed by atoms with Crippen LogP contribution in [0, 0.1) is 0 Å². The van der Waals surface area contributed by atoms with Crippen molar-refractivity contribution in [1.29, 1.82) is 0 Å². The molecule has 1 aliphatic rings. The van der Waals surface area contributed by atoms with Crippen molar-refractivity contribution in [2.45, 2.75) is 18.9 Å². The maximum absolute atomic E-state index is 11.6. The Kier molecular flexibility index (Phi) is 6.10. The van der Waals surface area contributed by atoms with Gasteiger partial charge in [-0.1, -0.05) is 0 Å². The van der Waals surface area contributed by atoms with Gasteiger partial charge in [0.2, 0.25) is 11.8 Å². The third-order valence-corrected chi connectivity index (χ3v) is 2.98. The molecule has 1 saturated heterocycles. The minimum absolute atomic E-state index is 0.0519. The molecule has 0 bridgehead atoms. The summed E-state index contributed by atoms with van der Waals surface area (Å²) >= 11 is 0. The Morgan fingerprint density at radius 1 is 1.43 bits per heavy atom. The van der Waals surface area contributed by atoms with E-state index in [1.165, 1.54) is 11.9 Å². The lowest BCUT2D eigenvalue weighted by Crippen LogP contribution is -2.37. The largest absolute Gasteiger partial charge is 0.467 e. The van der Waals surface area contributed by atoms with Crippen molar-refractivity contribution in [2.24, 2.45) is 0 Å². The third kappa shape index (κ3) is 4.71. The first-order valence-corrected chi connectivity index (χ1v) is 6.45. The minimum Gasteiger partial charge on any atom is -0.467 e. The highest BCUT2D eigenvalue weighted by Gasteiger charge is 2.32. The monoisotopic (exact) mass is 301 g/mol. The van der Waals surface area contributed by atoms with Gasteiger partial charge in [-0.05, 0) is 6.42 Å². The smallest absolute Gasteiger partial charge is 0.336 e. The number of imide groups is 1. The average molecular weight is 301 g/mol. The normalized spacial score (nSPS) is 16.1. The number of methoxy groups -OCH3 is 1. The van der Waals surface area contributed by atoms with Crippen LogP contribution in [0.15, 0.2) is 0 Å². The second-order valence-electron chi connectivity index (χ2n) is 4.63. The number of aliphatic hydroxyl groups excluding tert-OH is 1. The summed E-state index contributed by atoms with van der Waals surface area (Å²) in [6.45, 7) is -0.0266. The Labute approximate surface area is 121 Å². The molecule has 1 unspecified atom stereocenters. The van der Waals surface area contributed by atoms with Crippen molar-refractivity contribution in [3.63, 3.8) is 0 Å². The van der Waals surface area contributed by atoms with Gasteiger partial charge in [0, 0.05) is 20.0 Å². The lowest BCUT2D eigenvalue weighted by molar-refractivity contribution is -0.150. The van der Waals surface area contributed by atoms with Gasteiger partial charge in [-0.15, -0.1) is 0 Å². The Morgan fingerprint density at radius 2 is 2.10 bits per heavy atom. The lowest BCUT2D eigenvalue weighted by Gasteiger charge is -2.14. The second kappa shape index (κ2) is 7.58. The van der Waals surface area contributed by atoms with E-state index >= 15 is 0 Å². The zero-order chi connectivity index (χ0) is 16.0. The van der Waals surface area contributed by atoms with E-state index in [0.717, 1.165) is 12.0 Å². The topological polar surface area (TPSA) is 116 Å². The zero-order valence-corrected chi connectivity index (χ0v) is 12.0. The first-order chi connectivity index (χ1) is 9.86. The summed E-state index contributed by atoms with van der Waals surface area (Å²) in [7, 11) is 2.66. The van der Waals surface area contributed by atoms with Crippen LogP contribution in [0.25, 0.3) is 0 Å². The molecule has 1 atom stereocenters. The standard InChI is InChI=1S/C12H19N3O6/c1-14-7-10(18)15(12(14)20)5-3-4-9(17)13-6-8(16)11(19)21-2/h8,16H,3-7H2,1-2H3,(H,13,17). The summed E-state index contributed by atoms with van der Waals surface area (Å²) in [6, 6.07) is -0.374. The van der Waals surface area contributed by atoms with Crippen LogP contribution in [0.2, 0.25) is 0 Å². The van der Waals surface area contributed by atoms with Crippen LogP contribution in [0.1, 0.15) is 12.8 Å². The van der Waals surface area contributed by atoms with E-state index in [-0.39, 0.29) is 43.9 Å². The molecule has 0 radical (unpaired) electrons. The zero-order valence-electron chi connectivity index (χ0n) is 12.0. The number of nitrogens with zero attached hydrogens (tertiary/aromatic N) is 2. The number of ether oxygens (including phenoxy) is 1. The van der Waals surface area contributed by atoms with Crippen LogP contribution in [-0.4, -0.2) is 78.6 Å². The highest BCUT2D eigenvalue weighted by molar-refractivity contribution is 6.01. The van der Waals surface area contributed by atoms with E-state index in [9.17, 15) is 24.3 Å². The van der Waals surface area contributed by atoms with Crippen molar-refractivity contribution >= 4 is 23.8 Å². The summed E-state index contributed by atoms with van der Waals surface area (Å²) in [4.78, 5) is 47.8. The highest BCUT2D eigenvalue weighted by atomic mass is 16.5. The SMILES string of the molecule is COC(=O)C(O)CNC(=O)CCCN1C(=O)CN(C)C1=O. The van der Waals surface area contributed by atoms with Crippen LogP contribution >= 0.6 is 0 Å². The van der Waals surface area contributed by atoms with Crippen molar-refractivity contribution in [1.82, 2.24) is 15.1 Å². The van der Waals surface area contributed by atoms with Crippen LogP contribution in [0.3, 0.4) is 0 Å². The second-order valence-corrected chi connectivity index (χ2v) is 4.63. The fourth-order valence-electron chi connectivity index (χ4n) is 1.80. The number of carbonyl (C=O) groups excluding carboxylic acids is 4. The third-order valence-electron chi connectivity index (χ3n) is 2.98. The molecule has 9 nitrogen and oxygen atoms in total. The number of nitrogens with one attached hydrogen (secondary N) is 1. The van der Waals surface area contributed by atoms with Gasteiger partial charge in [0.1, 0.15) is 6.54 Å². The summed E-state index contributed by atoms with van der Waals surface area (Å²) in [5.41, 5.74) is 0. The molecule has 0 aromatic rings. The van der Waals surface area contributed by atoms with Crippen molar-refractivity contribution in [2.75, 3.05) is 33.8 Å². The number of aliphatic hydroxyl groups is 1. The molecule has 1 heterocycles. The fourth-order valence-corrected chi connectivity index (χ4v) is 1.80. The number of carbonyl (C=O) groups is 4. The number of hydrogen-bond acceptors (Lipinski definition) is 6. The van der Waals surface area contributed by atoms with E-state index in [2.05, 4.69) is 10.1 Å². The molecule has 2 N–H and O–H groups in total. The van der Waals surface area contributed by atoms with Crippen molar-refractivity contribution < 1.29 is 29.0 Å². The van der Waals surface area contributed by atoms with E-state index in [4.69, 9.17) is 0 Å². The highest BCUT2D eigenvalue weighted by Crippen LogP contribution is 2.08. The first-order valence-electron chi connectivity index (χ1n) is 6.45. The molecular formula is C12H19N3O6. The van der Waals surface area contributed by atoms with Gasteiger partial charge in [0.25, 0.3) is 0 Å². The lowest BCUT2D eigenvalue weighted by atomic mass is 10.2. The quantitative estimate of drug-likeness (QED) is 0.428. The molecule has 118 valence electrons. The number of urea groups is 1. The van der Waals surface area contributed by atoms with Crippen molar-refractivity contribution in [3.8, 4) is 0 Å². The number of rotatable bonds is 7. The van der Waals surface area contributed by atoms with Crippen LogP contribution in [-0.2, 0) is 19.1 Å². The minimum atomic E-state index is -1.41. The van der Waals surface area contributed by atoms with Gasteiger partial charge in [-0.25, -0.2) is 9.59 Å². The fraction of sp³-hybridized carbons (Fsp3) is 0.667. The number of amides is 4. The molecule has 0 aliphatic carbocycles. The maximum Gasteiger partial charge on any atom is 0.336 e. The van der Waals surface area contributed by atoms with Crippen LogP contribution in [0.4, 0.5) is 4.79 Å². The molecular weight excluding hydrogens is 282 g/mol. The molecule has 1 fully saturated rings. The summed E-state index contributed by atoms with van der Waals surface area (Å²) in [5.74, 6) is -1.50. The van der Waals surface area contributed by atoms with Gasteiger partial charge in [-0.3, -0.25) is 14.5 Å². The van der Waals surface area contributed by atoms with Gasteiger partial charge in [0.15, 0.2) is 6.10 Å². The molecule has 1 aliphatic heterocycles.